The lowest BCUT2D eigenvalue weighted by molar-refractivity contribution is -0.0218. The predicted octanol–water partition coefficient (Wildman–Crippen LogP) is 3.02. The summed E-state index contributed by atoms with van der Waals surface area (Å²) < 4.78 is 2.79. The Hall–Kier alpha value is -2.59. The van der Waals surface area contributed by atoms with Gasteiger partial charge in [0, 0.05) is 35.0 Å². The average molecular weight is 509 g/mol. The highest BCUT2D eigenvalue weighted by Gasteiger charge is 2.56. The minimum atomic E-state index is -0.869. The molecule has 4 heterocycles. The second kappa shape index (κ2) is 7.46. The van der Waals surface area contributed by atoms with Crippen molar-refractivity contribution < 1.29 is 10.2 Å². The normalized spacial score (nSPS) is 29.6. The number of halogens is 1. The van der Waals surface area contributed by atoms with Crippen LogP contribution in [0.25, 0.3) is 21.9 Å². The van der Waals surface area contributed by atoms with Crippen LogP contribution in [0, 0.1) is 12.3 Å². The number of aryl methyl sites for hydroxylation is 1. The number of anilines is 1. The SMILES string of the molecule is Cc1ncnc2c1ccn2[C@@H]1C[C@@]2(CN[C@@H](c3ccc4cc(Br)c(N)nc4c3)C2)[C@@H](O)[C@H]1O. The molecule has 2 aliphatic rings. The van der Waals surface area contributed by atoms with Crippen LogP contribution in [-0.4, -0.2) is 48.5 Å². The summed E-state index contributed by atoms with van der Waals surface area (Å²) in [6.07, 6.45) is 3.19. The number of rotatable bonds is 2. The molecule has 4 aromatic rings. The standard InChI is InChI=1S/C24H25BrN6O2/c1-12-15-4-5-31(23(15)29-11-28-12)19-9-24(21(33)20(19)32)8-18(27-10-24)14-3-2-13-6-16(25)22(26)30-17(13)7-14/h2-7,11,18-21,27,32-33H,8-10H2,1H3,(H2,26,30)/t18-,19-,20+,21+,24+/m1/s1. The van der Waals surface area contributed by atoms with Crippen molar-refractivity contribution in [1.29, 1.82) is 0 Å². The van der Waals surface area contributed by atoms with Gasteiger partial charge in [0.25, 0.3) is 0 Å². The molecule has 2 fully saturated rings. The summed E-state index contributed by atoms with van der Waals surface area (Å²) in [7, 11) is 0. The maximum absolute atomic E-state index is 11.2. The molecule has 5 N–H and O–H groups in total. The Morgan fingerprint density at radius 1 is 1.18 bits per heavy atom. The van der Waals surface area contributed by atoms with Crippen LogP contribution in [0.1, 0.15) is 36.2 Å². The first-order valence-electron chi connectivity index (χ1n) is 11.1. The molecule has 9 heteroatoms. The summed E-state index contributed by atoms with van der Waals surface area (Å²) in [5.74, 6) is 0.464. The third kappa shape index (κ3) is 3.18. The summed E-state index contributed by atoms with van der Waals surface area (Å²) in [5.41, 5.74) is 9.21. The molecule has 0 radical (unpaired) electrons. The number of nitrogens with one attached hydrogen (secondary N) is 1. The number of nitrogen functional groups attached to an aromatic ring is 1. The van der Waals surface area contributed by atoms with Gasteiger partial charge in [-0.15, -0.1) is 0 Å². The molecule has 33 heavy (non-hydrogen) atoms. The van der Waals surface area contributed by atoms with Crippen LogP contribution in [0.15, 0.2) is 47.3 Å². The quantitative estimate of drug-likeness (QED) is 0.328. The van der Waals surface area contributed by atoms with Crippen LogP contribution in [-0.2, 0) is 0 Å². The topological polar surface area (TPSA) is 122 Å². The molecule has 6 rings (SSSR count). The minimum absolute atomic E-state index is 0.0626. The second-order valence-corrected chi connectivity index (χ2v) is 10.3. The third-order valence-electron chi connectivity index (χ3n) is 7.56. The summed E-state index contributed by atoms with van der Waals surface area (Å²) in [6, 6.07) is 9.97. The van der Waals surface area contributed by atoms with Crippen LogP contribution in [0.2, 0.25) is 0 Å². The predicted molar refractivity (Wildman–Crippen MR) is 130 cm³/mol. The zero-order valence-corrected chi connectivity index (χ0v) is 19.7. The van der Waals surface area contributed by atoms with Gasteiger partial charge < -0.3 is 25.8 Å². The molecule has 0 unspecified atom stereocenters. The summed E-state index contributed by atoms with van der Waals surface area (Å²) in [4.78, 5) is 13.2. The summed E-state index contributed by atoms with van der Waals surface area (Å²) in [6.45, 7) is 2.58. The van der Waals surface area contributed by atoms with E-state index in [9.17, 15) is 10.2 Å². The fraction of sp³-hybridized carbons (Fsp3) is 0.375. The first kappa shape index (κ1) is 21.0. The van der Waals surface area contributed by atoms with Gasteiger partial charge in [0.2, 0.25) is 0 Å². The number of nitrogens with two attached hydrogens (primary N) is 1. The molecule has 0 amide bonds. The van der Waals surface area contributed by atoms with Gasteiger partial charge in [-0.25, -0.2) is 15.0 Å². The van der Waals surface area contributed by atoms with Crippen LogP contribution in [0.5, 0.6) is 0 Å². The summed E-state index contributed by atoms with van der Waals surface area (Å²) in [5, 5.41) is 27.8. The van der Waals surface area contributed by atoms with Crippen molar-refractivity contribution in [2.75, 3.05) is 12.3 Å². The van der Waals surface area contributed by atoms with Gasteiger partial charge in [-0.05, 0) is 59.5 Å². The third-order valence-corrected chi connectivity index (χ3v) is 8.20. The zero-order chi connectivity index (χ0) is 22.9. The first-order chi connectivity index (χ1) is 15.9. The van der Waals surface area contributed by atoms with E-state index in [0.29, 0.717) is 18.8 Å². The highest BCUT2D eigenvalue weighted by atomic mass is 79.9. The number of aliphatic hydroxyl groups is 2. The van der Waals surface area contributed by atoms with Crippen LogP contribution in [0.3, 0.4) is 0 Å². The van der Waals surface area contributed by atoms with E-state index in [-0.39, 0.29) is 12.1 Å². The maximum atomic E-state index is 11.2. The van der Waals surface area contributed by atoms with Crippen molar-refractivity contribution in [3.63, 3.8) is 0 Å². The molecule has 5 atom stereocenters. The van der Waals surface area contributed by atoms with Gasteiger partial charge in [0.1, 0.15) is 23.9 Å². The second-order valence-electron chi connectivity index (χ2n) is 9.43. The molecule has 1 aliphatic carbocycles. The lowest BCUT2D eigenvalue weighted by atomic mass is 9.80. The highest BCUT2D eigenvalue weighted by molar-refractivity contribution is 9.10. The van der Waals surface area contributed by atoms with E-state index < -0.39 is 17.6 Å². The highest BCUT2D eigenvalue weighted by Crippen LogP contribution is 2.52. The average Bonchev–Trinajstić information content (AvgIpc) is 3.48. The number of aromatic nitrogens is 4. The minimum Gasteiger partial charge on any atom is -0.390 e. The van der Waals surface area contributed by atoms with E-state index in [0.717, 1.165) is 44.1 Å². The molecule has 1 saturated carbocycles. The molecule has 8 nitrogen and oxygen atoms in total. The van der Waals surface area contributed by atoms with Crippen LogP contribution in [0.4, 0.5) is 5.82 Å². The van der Waals surface area contributed by atoms with E-state index >= 15 is 0 Å². The van der Waals surface area contributed by atoms with Crippen LogP contribution >= 0.6 is 15.9 Å². The van der Waals surface area contributed by atoms with Gasteiger partial charge in [0.05, 0.1) is 27.8 Å². The smallest absolute Gasteiger partial charge is 0.143 e. The van der Waals surface area contributed by atoms with Gasteiger partial charge in [-0.3, -0.25) is 0 Å². The Kier molecular flexibility index (Phi) is 4.74. The largest absolute Gasteiger partial charge is 0.390 e. The number of aliphatic hydroxyl groups excluding tert-OH is 2. The molecule has 0 bridgehead atoms. The van der Waals surface area contributed by atoms with E-state index in [1.807, 2.05) is 35.9 Å². The van der Waals surface area contributed by atoms with E-state index in [1.165, 1.54) is 0 Å². The lowest BCUT2D eigenvalue weighted by Gasteiger charge is -2.27. The number of fused-ring (bicyclic) bond motifs is 2. The molecule has 3 aromatic heterocycles. The summed E-state index contributed by atoms with van der Waals surface area (Å²) >= 11 is 3.43. The van der Waals surface area contributed by atoms with Crippen molar-refractivity contribution in [1.82, 2.24) is 24.8 Å². The first-order valence-corrected chi connectivity index (χ1v) is 11.9. The number of hydrogen-bond acceptors (Lipinski definition) is 7. The Morgan fingerprint density at radius 3 is 2.88 bits per heavy atom. The van der Waals surface area contributed by atoms with E-state index in [2.05, 4.69) is 48.3 Å². The Morgan fingerprint density at radius 2 is 2.03 bits per heavy atom. The Balaban J connectivity index is 1.30. The molecule has 1 saturated heterocycles. The van der Waals surface area contributed by atoms with Crippen molar-refractivity contribution in [2.45, 2.75) is 44.1 Å². The fourth-order valence-electron chi connectivity index (χ4n) is 5.74. The number of hydrogen-bond donors (Lipinski definition) is 4. The van der Waals surface area contributed by atoms with Crippen molar-refractivity contribution in [3.8, 4) is 0 Å². The fourth-order valence-corrected chi connectivity index (χ4v) is 6.08. The Bertz CT molecular complexity index is 1390. The number of nitrogens with zero attached hydrogens (tertiary/aromatic N) is 4. The molecular weight excluding hydrogens is 484 g/mol. The molecule has 1 aliphatic heterocycles. The van der Waals surface area contributed by atoms with Crippen molar-refractivity contribution in [3.05, 3.63) is 58.6 Å². The van der Waals surface area contributed by atoms with Gasteiger partial charge >= 0.3 is 0 Å². The monoisotopic (exact) mass is 508 g/mol. The van der Waals surface area contributed by atoms with Crippen LogP contribution < -0.4 is 11.1 Å². The van der Waals surface area contributed by atoms with Gasteiger partial charge in [0.15, 0.2) is 0 Å². The number of benzene rings is 1. The number of pyridine rings is 1. The Labute approximate surface area is 199 Å². The molecular formula is C24H25BrN6O2. The molecule has 1 spiro atoms. The van der Waals surface area contributed by atoms with Crippen molar-refractivity contribution >= 4 is 43.7 Å². The molecule has 1 aromatic carbocycles. The maximum Gasteiger partial charge on any atom is 0.143 e. The van der Waals surface area contributed by atoms with E-state index in [4.69, 9.17) is 5.73 Å². The van der Waals surface area contributed by atoms with E-state index in [1.54, 1.807) is 6.33 Å². The van der Waals surface area contributed by atoms with Gasteiger partial charge in [-0.2, -0.15) is 0 Å². The lowest BCUT2D eigenvalue weighted by Crippen LogP contribution is -2.38. The molecule has 170 valence electrons. The zero-order valence-electron chi connectivity index (χ0n) is 18.1. The van der Waals surface area contributed by atoms with Gasteiger partial charge in [-0.1, -0.05) is 12.1 Å². The van der Waals surface area contributed by atoms with Crippen molar-refractivity contribution in [2.24, 2.45) is 5.41 Å².